The molecule has 2 saturated heterocycles. The third-order valence-corrected chi connectivity index (χ3v) is 4.15. The Hall–Kier alpha value is -0.480. The zero-order valence-electron chi connectivity index (χ0n) is 9.65. The van der Waals surface area contributed by atoms with E-state index in [9.17, 15) is 0 Å². The van der Waals surface area contributed by atoms with Crippen molar-refractivity contribution in [3.63, 3.8) is 0 Å². The largest absolute Gasteiger partial charge is 0.368 e. The number of hydrogen-bond donors (Lipinski definition) is 0. The molecule has 0 aromatic heterocycles. The number of likely N-dealkylation sites (N-methyl/N-ethyl adjacent to an activating group) is 1. The molecule has 2 aliphatic heterocycles. The van der Waals surface area contributed by atoms with Crippen molar-refractivity contribution in [3.8, 4) is 0 Å². The number of allylic oxidation sites excluding steroid dienone is 1. The summed E-state index contributed by atoms with van der Waals surface area (Å²) in [6, 6.07) is 0. The lowest BCUT2D eigenvalue weighted by molar-refractivity contribution is -0.534. The molecule has 2 heterocycles. The average Bonchev–Trinajstić information content (AvgIpc) is 2.63. The third-order valence-electron chi connectivity index (χ3n) is 3.02. The average molecular weight is 226 g/mol. The maximum absolute atomic E-state index is 2.42. The molecule has 0 amide bonds. The van der Waals surface area contributed by atoms with Crippen molar-refractivity contribution in [1.82, 2.24) is 9.80 Å². The van der Waals surface area contributed by atoms with Gasteiger partial charge in [-0.2, -0.15) is 0 Å². The number of nitrogens with zero attached hydrogens (tertiary/aromatic N) is 3. The fourth-order valence-corrected chi connectivity index (χ4v) is 2.87. The first-order chi connectivity index (χ1) is 7.25. The number of piperazine rings is 1. The first kappa shape index (κ1) is 11.0. The summed E-state index contributed by atoms with van der Waals surface area (Å²) < 4.78 is 2.42. The zero-order chi connectivity index (χ0) is 10.7. The van der Waals surface area contributed by atoms with E-state index < -0.39 is 0 Å². The minimum atomic E-state index is 1.16. The van der Waals surface area contributed by atoms with Gasteiger partial charge in [0.1, 0.15) is 0 Å². The van der Waals surface area contributed by atoms with Crippen LogP contribution in [-0.2, 0) is 0 Å². The van der Waals surface area contributed by atoms with Crippen LogP contribution in [0.3, 0.4) is 0 Å². The molecule has 0 unspecified atom stereocenters. The highest BCUT2D eigenvalue weighted by Gasteiger charge is 2.16. The predicted molar refractivity (Wildman–Crippen MR) is 66.7 cm³/mol. The van der Waals surface area contributed by atoms with Crippen molar-refractivity contribution in [1.29, 1.82) is 0 Å². The van der Waals surface area contributed by atoms with E-state index in [1.807, 2.05) is 11.8 Å². The Morgan fingerprint density at radius 3 is 2.53 bits per heavy atom. The highest BCUT2D eigenvalue weighted by molar-refractivity contribution is 8.03. The van der Waals surface area contributed by atoms with Crippen LogP contribution in [0.5, 0.6) is 0 Å². The zero-order valence-corrected chi connectivity index (χ0v) is 10.5. The van der Waals surface area contributed by atoms with E-state index in [1.165, 1.54) is 30.4 Å². The van der Waals surface area contributed by atoms with Crippen LogP contribution >= 0.6 is 11.8 Å². The van der Waals surface area contributed by atoms with Crippen LogP contribution in [0.1, 0.15) is 0 Å². The number of rotatable bonds is 1. The molecule has 0 radical (unpaired) electrons. The molecule has 0 atom stereocenters. The van der Waals surface area contributed by atoms with Crippen molar-refractivity contribution in [2.24, 2.45) is 0 Å². The van der Waals surface area contributed by atoms with E-state index >= 15 is 0 Å². The van der Waals surface area contributed by atoms with Gasteiger partial charge in [-0.15, -0.1) is 11.8 Å². The summed E-state index contributed by atoms with van der Waals surface area (Å²) in [7, 11) is 4.36. The Morgan fingerprint density at radius 1 is 1.20 bits per heavy atom. The second kappa shape index (κ2) is 5.03. The maximum Gasteiger partial charge on any atom is 0.166 e. The second-order valence-corrected chi connectivity index (χ2v) is 5.38. The van der Waals surface area contributed by atoms with Gasteiger partial charge in [0.2, 0.25) is 0 Å². The molecule has 0 N–H and O–H groups in total. The van der Waals surface area contributed by atoms with Crippen LogP contribution < -0.4 is 0 Å². The summed E-state index contributed by atoms with van der Waals surface area (Å²) in [5, 5.41) is 1.41. The van der Waals surface area contributed by atoms with E-state index in [4.69, 9.17) is 0 Å². The van der Waals surface area contributed by atoms with E-state index in [1.54, 1.807) is 0 Å². The number of thioether (sulfide) groups is 1. The van der Waals surface area contributed by atoms with Gasteiger partial charge in [-0.3, -0.25) is 4.90 Å². The van der Waals surface area contributed by atoms with Crippen LogP contribution in [0.15, 0.2) is 11.1 Å². The summed E-state index contributed by atoms with van der Waals surface area (Å²) >= 11 is 1.96. The van der Waals surface area contributed by atoms with Gasteiger partial charge in [0, 0.05) is 25.4 Å². The molecule has 2 fully saturated rings. The summed E-state index contributed by atoms with van der Waals surface area (Å²) in [5.74, 6) is 1.24. The van der Waals surface area contributed by atoms with Crippen molar-refractivity contribution in [2.45, 2.75) is 0 Å². The maximum atomic E-state index is 2.42. The summed E-state index contributed by atoms with van der Waals surface area (Å²) in [5.41, 5.74) is 0. The lowest BCUT2D eigenvalue weighted by atomic mass is 10.4. The molecule has 2 aliphatic rings. The monoisotopic (exact) mass is 226 g/mol. The van der Waals surface area contributed by atoms with Crippen molar-refractivity contribution >= 4 is 18.0 Å². The Bertz CT molecular complexity index is 276. The van der Waals surface area contributed by atoms with Gasteiger partial charge in [0.25, 0.3) is 0 Å². The molecule has 0 aromatic carbocycles. The quantitative estimate of drug-likeness (QED) is 0.604. The van der Waals surface area contributed by atoms with Gasteiger partial charge in [0.05, 0.1) is 18.1 Å². The fourth-order valence-electron chi connectivity index (χ4n) is 1.82. The second-order valence-electron chi connectivity index (χ2n) is 4.26. The molecule has 0 spiro atoms. The Labute approximate surface area is 96.4 Å². The molecule has 0 aromatic rings. The fraction of sp³-hybridized carbons (Fsp3) is 0.727. The topological polar surface area (TPSA) is 9.49 Å². The lowest BCUT2D eigenvalue weighted by Crippen LogP contribution is -2.39. The molecule has 3 nitrogen and oxygen atoms in total. The van der Waals surface area contributed by atoms with Crippen LogP contribution in [0.2, 0.25) is 0 Å². The van der Waals surface area contributed by atoms with Gasteiger partial charge in [0.15, 0.2) is 19.3 Å². The van der Waals surface area contributed by atoms with E-state index in [0.29, 0.717) is 0 Å². The Kier molecular flexibility index (Phi) is 3.70. The molecule has 2 rings (SSSR count). The smallest absolute Gasteiger partial charge is 0.166 e. The minimum absolute atomic E-state index is 1.16. The van der Waals surface area contributed by atoms with Crippen LogP contribution in [0.4, 0.5) is 0 Å². The molecular weight excluding hydrogens is 206 g/mol. The van der Waals surface area contributed by atoms with Gasteiger partial charge in [-0.1, -0.05) is 0 Å². The molecule has 0 aliphatic carbocycles. The Morgan fingerprint density at radius 2 is 1.93 bits per heavy atom. The van der Waals surface area contributed by atoms with Crippen molar-refractivity contribution in [2.75, 3.05) is 52.6 Å². The van der Waals surface area contributed by atoms with E-state index in [2.05, 4.69) is 40.8 Å². The standard InChI is InChI=1S/C11H20N3S/c1-12-5-7-14(8-6-12)4-3-11-13(2)9-10-15-11/h3-4H,5-10H2,1-2H3/q+1. The Balaban J connectivity index is 1.93. The van der Waals surface area contributed by atoms with Crippen LogP contribution in [0.25, 0.3) is 0 Å². The van der Waals surface area contributed by atoms with E-state index in [0.717, 1.165) is 13.1 Å². The summed E-state index contributed by atoms with van der Waals surface area (Å²) in [4.78, 5) is 4.71. The highest BCUT2D eigenvalue weighted by Crippen LogP contribution is 2.24. The molecule has 15 heavy (non-hydrogen) atoms. The third kappa shape index (κ3) is 2.98. The van der Waals surface area contributed by atoms with Crippen molar-refractivity contribution in [3.05, 3.63) is 11.1 Å². The van der Waals surface area contributed by atoms with Gasteiger partial charge in [-0.25, -0.2) is 4.58 Å². The molecular formula is C11H20N3S+. The van der Waals surface area contributed by atoms with Gasteiger partial charge < -0.3 is 4.90 Å². The number of hydrogen-bond acceptors (Lipinski definition) is 3. The summed E-state index contributed by atoms with van der Waals surface area (Å²) in [6.45, 7) is 5.88. The van der Waals surface area contributed by atoms with Gasteiger partial charge >= 0.3 is 0 Å². The first-order valence-corrected chi connectivity index (χ1v) is 6.56. The summed E-state index contributed by atoms with van der Waals surface area (Å²) in [6.07, 6.45) is 4.53. The van der Waals surface area contributed by atoms with Crippen LogP contribution in [0, 0.1) is 0 Å². The lowest BCUT2D eigenvalue weighted by Gasteiger charge is -2.19. The SMILES string of the molecule is CN1CC[N+](=CC=C2SCCN2C)CC1. The van der Waals surface area contributed by atoms with Crippen molar-refractivity contribution < 1.29 is 4.58 Å². The highest BCUT2D eigenvalue weighted by atomic mass is 32.2. The first-order valence-electron chi connectivity index (χ1n) is 5.57. The van der Waals surface area contributed by atoms with Gasteiger partial charge in [-0.05, 0) is 7.05 Å². The predicted octanol–water partition coefficient (Wildman–Crippen LogP) is 0.535. The molecule has 0 bridgehead atoms. The minimum Gasteiger partial charge on any atom is -0.368 e. The molecule has 0 saturated carbocycles. The van der Waals surface area contributed by atoms with Crippen LogP contribution in [-0.4, -0.2) is 73.2 Å². The van der Waals surface area contributed by atoms with E-state index in [-0.39, 0.29) is 0 Å². The normalized spacial score (nSPS) is 26.4. The molecule has 4 heteroatoms. The molecule has 84 valence electrons.